The van der Waals surface area contributed by atoms with Crippen LogP contribution in [0.25, 0.3) is 0 Å². The molecule has 0 heterocycles. The van der Waals surface area contributed by atoms with Gasteiger partial charge in [-0.05, 0) is 31.2 Å². The zero-order chi connectivity index (χ0) is 13.4. The minimum Gasteiger partial charge on any atom is -0.494 e. The maximum atomic E-state index is 11.1. The fourth-order valence-electron chi connectivity index (χ4n) is 1.13. The van der Waals surface area contributed by atoms with Gasteiger partial charge in [-0.3, -0.25) is 4.79 Å². The standard InChI is InChI=1S/C12H15NO5/c1-2-16-9-3-5-10(6-4-9)17-8-12(15)18-7-11(13)14/h3-6H,2,7-8H2,1H3,(H2,13,14). The molecule has 0 aliphatic heterocycles. The molecule has 18 heavy (non-hydrogen) atoms. The van der Waals surface area contributed by atoms with E-state index in [-0.39, 0.29) is 6.61 Å². The lowest BCUT2D eigenvalue weighted by Crippen LogP contribution is -2.23. The second-order valence-electron chi connectivity index (χ2n) is 3.32. The number of nitrogens with two attached hydrogens (primary N) is 1. The lowest BCUT2D eigenvalue weighted by Gasteiger charge is -2.07. The fraction of sp³-hybridized carbons (Fsp3) is 0.333. The summed E-state index contributed by atoms with van der Waals surface area (Å²) >= 11 is 0. The van der Waals surface area contributed by atoms with Crippen LogP contribution in [0.4, 0.5) is 0 Å². The van der Waals surface area contributed by atoms with Crippen molar-refractivity contribution < 1.29 is 23.8 Å². The summed E-state index contributed by atoms with van der Waals surface area (Å²) in [6, 6.07) is 6.81. The molecule has 0 aliphatic rings. The second kappa shape index (κ2) is 7.16. The Kier molecular flexibility index (Phi) is 5.50. The van der Waals surface area contributed by atoms with Gasteiger partial charge in [0.2, 0.25) is 0 Å². The van der Waals surface area contributed by atoms with Crippen molar-refractivity contribution in [1.82, 2.24) is 0 Å². The molecular weight excluding hydrogens is 238 g/mol. The highest BCUT2D eigenvalue weighted by Gasteiger charge is 2.06. The highest BCUT2D eigenvalue weighted by molar-refractivity contribution is 5.79. The zero-order valence-electron chi connectivity index (χ0n) is 10.0. The molecule has 0 saturated carbocycles. The minimum absolute atomic E-state index is 0.277. The van der Waals surface area contributed by atoms with E-state index in [1.165, 1.54) is 0 Å². The molecule has 1 aromatic rings. The summed E-state index contributed by atoms with van der Waals surface area (Å²) in [7, 11) is 0. The summed E-state index contributed by atoms with van der Waals surface area (Å²) in [4.78, 5) is 21.5. The largest absolute Gasteiger partial charge is 0.494 e. The molecule has 0 aromatic heterocycles. The van der Waals surface area contributed by atoms with Gasteiger partial charge in [-0.25, -0.2) is 4.79 Å². The molecule has 1 aromatic carbocycles. The highest BCUT2D eigenvalue weighted by atomic mass is 16.6. The third-order valence-corrected chi connectivity index (χ3v) is 1.87. The van der Waals surface area contributed by atoms with Gasteiger partial charge in [-0.2, -0.15) is 0 Å². The molecule has 6 nitrogen and oxygen atoms in total. The van der Waals surface area contributed by atoms with Crippen LogP contribution < -0.4 is 15.2 Å². The first kappa shape index (κ1) is 13.8. The van der Waals surface area contributed by atoms with Crippen molar-refractivity contribution in [2.24, 2.45) is 5.73 Å². The number of amides is 1. The SMILES string of the molecule is CCOc1ccc(OCC(=O)OCC(N)=O)cc1. The van der Waals surface area contributed by atoms with E-state index < -0.39 is 18.5 Å². The van der Waals surface area contributed by atoms with Gasteiger partial charge < -0.3 is 19.9 Å². The average Bonchev–Trinajstić information content (AvgIpc) is 2.36. The molecule has 1 rings (SSSR count). The molecule has 1 amide bonds. The molecule has 0 spiro atoms. The summed E-state index contributed by atoms with van der Waals surface area (Å²) in [6.07, 6.45) is 0. The maximum absolute atomic E-state index is 11.1. The van der Waals surface area contributed by atoms with Crippen molar-refractivity contribution in [3.8, 4) is 11.5 Å². The van der Waals surface area contributed by atoms with Gasteiger partial charge in [0.25, 0.3) is 5.91 Å². The lowest BCUT2D eigenvalue weighted by molar-refractivity contribution is -0.149. The van der Waals surface area contributed by atoms with E-state index in [0.29, 0.717) is 12.4 Å². The number of hydrogen-bond donors (Lipinski definition) is 1. The van der Waals surface area contributed by atoms with Crippen molar-refractivity contribution in [3.05, 3.63) is 24.3 Å². The summed E-state index contributed by atoms with van der Waals surface area (Å²) in [5.41, 5.74) is 4.82. The fourth-order valence-corrected chi connectivity index (χ4v) is 1.13. The minimum atomic E-state index is -0.704. The Morgan fingerprint density at radius 3 is 2.11 bits per heavy atom. The van der Waals surface area contributed by atoms with Gasteiger partial charge >= 0.3 is 5.97 Å². The Hall–Kier alpha value is -2.24. The van der Waals surface area contributed by atoms with Gasteiger partial charge in [0.15, 0.2) is 13.2 Å². The van der Waals surface area contributed by atoms with E-state index in [4.69, 9.17) is 15.2 Å². The summed E-state index contributed by atoms with van der Waals surface area (Å²) in [5.74, 6) is -0.122. The lowest BCUT2D eigenvalue weighted by atomic mass is 10.3. The highest BCUT2D eigenvalue weighted by Crippen LogP contribution is 2.17. The molecule has 0 fully saturated rings. The summed E-state index contributed by atoms with van der Waals surface area (Å²) in [6.45, 7) is 1.76. The number of ether oxygens (including phenoxy) is 3. The van der Waals surface area contributed by atoms with Crippen molar-refractivity contribution in [1.29, 1.82) is 0 Å². The van der Waals surface area contributed by atoms with Crippen LogP contribution >= 0.6 is 0 Å². The number of esters is 1. The molecule has 0 atom stereocenters. The Labute approximate surface area is 105 Å². The Bertz CT molecular complexity index is 401. The Balaban J connectivity index is 2.34. The van der Waals surface area contributed by atoms with Crippen molar-refractivity contribution in [2.45, 2.75) is 6.92 Å². The number of benzene rings is 1. The van der Waals surface area contributed by atoms with E-state index in [1.54, 1.807) is 24.3 Å². The van der Waals surface area contributed by atoms with Crippen molar-refractivity contribution in [2.75, 3.05) is 19.8 Å². The maximum Gasteiger partial charge on any atom is 0.344 e. The third kappa shape index (κ3) is 5.20. The first-order valence-electron chi connectivity index (χ1n) is 5.41. The van der Waals surface area contributed by atoms with Crippen LogP contribution in [0.5, 0.6) is 11.5 Å². The van der Waals surface area contributed by atoms with Crippen LogP contribution in [0.3, 0.4) is 0 Å². The third-order valence-electron chi connectivity index (χ3n) is 1.87. The Morgan fingerprint density at radius 2 is 1.61 bits per heavy atom. The van der Waals surface area contributed by atoms with Crippen molar-refractivity contribution in [3.63, 3.8) is 0 Å². The first-order chi connectivity index (χ1) is 8.61. The van der Waals surface area contributed by atoms with E-state index >= 15 is 0 Å². The molecule has 2 N–H and O–H groups in total. The average molecular weight is 253 g/mol. The van der Waals surface area contributed by atoms with E-state index in [9.17, 15) is 9.59 Å². The number of hydrogen-bond acceptors (Lipinski definition) is 5. The van der Waals surface area contributed by atoms with Gasteiger partial charge in [-0.1, -0.05) is 0 Å². The van der Waals surface area contributed by atoms with Gasteiger partial charge in [-0.15, -0.1) is 0 Å². The van der Waals surface area contributed by atoms with Crippen LogP contribution in [0, 0.1) is 0 Å². The van der Waals surface area contributed by atoms with Crippen LogP contribution in [-0.2, 0) is 14.3 Å². The van der Waals surface area contributed by atoms with Crippen LogP contribution in [0.2, 0.25) is 0 Å². The number of primary amides is 1. The van der Waals surface area contributed by atoms with Crippen LogP contribution in [0.15, 0.2) is 24.3 Å². The monoisotopic (exact) mass is 253 g/mol. The normalized spacial score (nSPS) is 9.61. The predicted molar refractivity (Wildman–Crippen MR) is 63.3 cm³/mol. The molecule has 0 unspecified atom stereocenters. The molecule has 6 heteroatoms. The predicted octanol–water partition coefficient (Wildman–Crippen LogP) is 0.493. The molecular formula is C12H15NO5. The summed E-state index contributed by atoms with van der Waals surface area (Å²) in [5, 5.41) is 0. The van der Waals surface area contributed by atoms with E-state index in [0.717, 1.165) is 5.75 Å². The zero-order valence-corrected chi connectivity index (χ0v) is 10.0. The quantitative estimate of drug-likeness (QED) is 0.714. The topological polar surface area (TPSA) is 87.8 Å². The van der Waals surface area contributed by atoms with Gasteiger partial charge in [0.05, 0.1) is 6.61 Å². The van der Waals surface area contributed by atoms with Gasteiger partial charge in [0.1, 0.15) is 11.5 Å². The number of rotatable bonds is 7. The summed E-state index contributed by atoms with van der Waals surface area (Å²) < 4.78 is 14.9. The number of carbonyl (C=O) groups excluding carboxylic acids is 2. The molecule has 0 bridgehead atoms. The molecule has 0 aliphatic carbocycles. The van der Waals surface area contributed by atoms with E-state index in [1.807, 2.05) is 6.92 Å². The van der Waals surface area contributed by atoms with E-state index in [2.05, 4.69) is 4.74 Å². The molecule has 0 saturated heterocycles. The van der Waals surface area contributed by atoms with Gasteiger partial charge in [0, 0.05) is 0 Å². The molecule has 0 radical (unpaired) electrons. The smallest absolute Gasteiger partial charge is 0.344 e. The van der Waals surface area contributed by atoms with Crippen LogP contribution in [0.1, 0.15) is 6.92 Å². The number of carbonyl (C=O) groups is 2. The second-order valence-corrected chi connectivity index (χ2v) is 3.32. The molecule has 98 valence electrons. The van der Waals surface area contributed by atoms with Crippen LogP contribution in [-0.4, -0.2) is 31.7 Å². The van der Waals surface area contributed by atoms with Crippen molar-refractivity contribution >= 4 is 11.9 Å². The Morgan fingerprint density at radius 1 is 1.06 bits per heavy atom. The first-order valence-corrected chi connectivity index (χ1v) is 5.41.